The molecule has 3 rings (SSSR count). The van der Waals surface area contributed by atoms with Gasteiger partial charge in [0, 0.05) is 18.0 Å². The molecule has 0 unspecified atom stereocenters. The Kier molecular flexibility index (Phi) is 5.41. The summed E-state index contributed by atoms with van der Waals surface area (Å²) in [5.74, 6) is -0.525. The average molecular weight is 362 g/mol. The number of fused-ring (bicyclic) bond motifs is 1. The molecule has 7 heteroatoms. The number of hydrogen-bond donors (Lipinski definition) is 2. The van der Waals surface area contributed by atoms with E-state index in [1.54, 1.807) is 48.7 Å². The number of nitrogens with one attached hydrogen (secondary N) is 2. The molecular formula is C20H18N4O3. The maximum atomic E-state index is 12.2. The van der Waals surface area contributed by atoms with Crippen molar-refractivity contribution in [1.82, 2.24) is 14.7 Å². The van der Waals surface area contributed by atoms with Crippen molar-refractivity contribution < 1.29 is 9.59 Å². The van der Waals surface area contributed by atoms with E-state index in [2.05, 4.69) is 22.2 Å². The van der Waals surface area contributed by atoms with Gasteiger partial charge in [0.2, 0.25) is 11.8 Å². The minimum atomic E-state index is -0.315. The Hall–Kier alpha value is -3.74. The smallest absolute Gasteiger partial charge is 0.258 e. The first-order chi connectivity index (χ1) is 13.0. The van der Waals surface area contributed by atoms with Crippen molar-refractivity contribution in [2.75, 3.05) is 5.32 Å². The molecule has 2 aromatic heterocycles. The van der Waals surface area contributed by atoms with Gasteiger partial charge in [-0.15, -0.1) is 0 Å². The lowest BCUT2D eigenvalue weighted by molar-refractivity contribution is -0.120. The molecule has 0 radical (unpaired) electrons. The van der Waals surface area contributed by atoms with Gasteiger partial charge in [0.1, 0.15) is 5.65 Å². The lowest BCUT2D eigenvalue weighted by atomic mass is 10.1. The summed E-state index contributed by atoms with van der Waals surface area (Å²) < 4.78 is 1.44. The van der Waals surface area contributed by atoms with Gasteiger partial charge in [-0.3, -0.25) is 18.8 Å². The Morgan fingerprint density at radius 3 is 2.81 bits per heavy atom. The van der Waals surface area contributed by atoms with E-state index in [4.69, 9.17) is 0 Å². The number of carbonyl (C=O) groups is 2. The second-order valence-electron chi connectivity index (χ2n) is 5.86. The van der Waals surface area contributed by atoms with Crippen LogP contribution < -0.4 is 16.2 Å². The molecular weight excluding hydrogens is 344 g/mol. The fourth-order valence-corrected chi connectivity index (χ4v) is 2.58. The van der Waals surface area contributed by atoms with E-state index >= 15 is 0 Å². The molecule has 0 spiro atoms. The normalized spacial score (nSPS) is 10.4. The Morgan fingerprint density at radius 2 is 2.00 bits per heavy atom. The van der Waals surface area contributed by atoms with Crippen molar-refractivity contribution in [3.8, 4) is 0 Å². The molecule has 0 fully saturated rings. The first-order valence-electron chi connectivity index (χ1n) is 8.31. The number of aromatic nitrogens is 2. The first-order valence-corrected chi connectivity index (χ1v) is 8.31. The van der Waals surface area contributed by atoms with Gasteiger partial charge in [0.25, 0.3) is 5.56 Å². The number of amides is 2. The van der Waals surface area contributed by atoms with Crippen LogP contribution in [-0.4, -0.2) is 21.2 Å². The van der Waals surface area contributed by atoms with Gasteiger partial charge >= 0.3 is 0 Å². The second kappa shape index (κ2) is 8.09. The van der Waals surface area contributed by atoms with Crippen LogP contribution in [0.4, 0.5) is 5.69 Å². The highest BCUT2D eigenvalue weighted by Gasteiger charge is 2.07. The second-order valence-corrected chi connectivity index (χ2v) is 5.86. The summed E-state index contributed by atoms with van der Waals surface area (Å²) in [6, 6.07) is 13.7. The van der Waals surface area contributed by atoms with E-state index in [-0.39, 0.29) is 30.3 Å². The lowest BCUT2D eigenvalue weighted by Gasteiger charge is -2.08. The zero-order valence-electron chi connectivity index (χ0n) is 14.5. The number of benzene rings is 1. The summed E-state index contributed by atoms with van der Waals surface area (Å²) in [7, 11) is 0. The average Bonchev–Trinajstić information content (AvgIpc) is 2.66. The largest absolute Gasteiger partial charge is 0.350 e. The van der Waals surface area contributed by atoms with Crippen molar-refractivity contribution in [3.63, 3.8) is 0 Å². The number of hydrogen-bond acceptors (Lipinski definition) is 4. The van der Waals surface area contributed by atoms with E-state index in [0.717, 1.165) is 5.56 Å². The van der Waals surface area contributed by atoms with Crippen molar-refractivity contribution in [2.45, 2.75) is 13.0 Å². The minimum Gasteiger partial charge on any atom is -0.350 e. The summed E-state index contributed by atoms with van der Waals surface area (Å²) >= 11 is 0. The zero-order valence-corrected chi connectivity index (χ0v) is 14.5. The Balaban J connectivity index is 1.63. The topological polar surface area (TPSA) is 92.6 Å². The molecule has 2 heterocycles. The fraction of sp³-hybridized carbons (Fsp3) is 0.100. The van der Waals surface area contributed by atoms with Gasteiger partial charge in [0.05, 0.1) is 18.7 Å². The van der Waals surface area contributed by atoms with Crippen LogP contribution in [0, 0.1) is 0 Å². The van der Waals surface area contributed by atoms with E-state index in [9.17, 15) is 14.4 Å². The van der Waals surface area contributed by atoms with Gasteiger partial charge in [-0.25, -0.2) is 4.98 Å². The molecule has 0 bridgehead atoms. The lowest BCUT2D eigenvalue weighted by Crippen LogP contribution is -2.26. The molecule has 0 atom stereocenters. The number of carbonyl (C=O) groups excluding carboxylic acids is 2. The van der Waals surface area contributed by atoms with Crippen LogP contribution in [0.5, 0.6) is 0 Å². The summed E-state index contributed by atoms with van der Waals surface area (Å²) in [6.45, 7) is 3.56. The van der Waals surface area contributed by atoms with Crippen LogP contribution in [0.2, 0.25) is 0 Å². The van der Waals surface area contributed by atoms with Gasteiger partial charge in [-0.1, -0.05) is 24.8 Å². The first kappa shape index (κ1) is 18.1. The Morgan fingerprint density at radius 1 is 1.15 bits per heavy atom. The summed E-state index contributed by atoms with van der Waals surface area (Å²) in [5, 5.41) is 5.41. The van der Waals surface area contributed by atoms with Crippen LogP contribution >= 0.6 is 0 Å². The van der Waals surface area contributed by atoms with Crippen molar-refractivity contribution in [3.05, 3.63) is 89.0 Å². The molecule has 2 amide bonds. The van der Waals surface area contributed by atoms with Crippen LogP contribution in [0.25, 0.3) is 5.65 Å². The third-order valence-electron chi connectivity index (χ3n) is 3.84. The third-order valence-corrected chi connectivity index (χ3v) is 3.84. The Labute approximate surface area is 155 Å². The molecule has 0 saturated heterocycles. The van der Waals surface area contributed by atoms with Crippen molar-refractivity contribution in [1.29, 1.82) is 0 Å². The maximum Gasteiger partial charge on any atom is 0.258 e. The van der Waals surface area contributed by atoms with Gasteiger partial charge in [0.15, 0.2) is 0 Å². The fourth-order valence-electron chi connectivity index (χ4n) is 2.58. The Bertz CT molecular complexity index is 1070. The molecule has 0 saturated carbocycles. The number of anilines is 1. The SMILES string of the molecule is C=CC(=O)Nc1cccc(CC(=O)NCc2cc(=O)n3ccccc3n2)c1. The van der Waals surface area contributed by atoms with E-state index in [0.29, 0.717) is 17.0 Å². The highest BCUT2D eigenvalue weighted by molar-refractivity contribution is 5.98. The van der Waals surface area contributed by atoms with E-state index < -0.39 is 0 Å². The van der Waals surface area contributed by atoms with Crippen molar-refractivity contribution in [2.24, 2.45) is 0 Å². The highest BCUT2D eigenvalue weighted by atomic mass is 16.2. The molecule has 0 aliphatic rings. The molecule has 1 aromatic carbocycles. The molecule has 0 aliphatic carbocycles. The predicted molar refractivity (Wildman–Crippen MR) is 102 cm³/mol. The molecule has 3 aromatic rings. The van der Waals surface area contributed by atoms with Crippen molar-refractivity contribution >= 4 is 23.1 Å². The zero-order chi connectivity index (χ0) is 19.2. The van der Waals surface area contributed by atoms with Crippen LogP contribution in [-0.2, 0) is 22.6 Å². The van der Waals surface area contributed by atoms with Gasteiger partial charge in [-0.05, 0) is 35.9 Å². The minimum absolute atomic E-state index is 0.143. The standard InChI is InChI=1S/C20H18N4O3/c1-2-18(25)23-15-7-5-6-14(10-15)11-19(26)21-13-16-12-20(27)24-9-4-3-8-17(24)22-16/h2-10,12H,1,11,13H2,(H,21,26)(H,23,25). The molecule has 27 heavy (non-hydrogen) atoms. The van der Waals surface area contributed by atoms with Crippen LogP contribution in [0.15, 0.2) is 72.2 Å². The van der Waals surface area contributed by atoms with E-state index in [1.807, 2.05) is 0 Å². The van der Waals surface area contributed by atoms with Gasteiger partial charge < -0.3 is 10.6 Å². The van der Waals surface area contributed by atoms with Gasteiger partial charge in [-0.2, -0.15) is 0 Å². The molecule has 136 valence electrons. The molecule has 2 N–H and O–H groups in total. The number of pyridine rings is 1. The highest BCUT2D eigenvalue weighted by Crippen LogP contribution is 2.11. The van der Waals surface area contributed by atoms with Crippen LogP contribution in [0.3, 0.4) is 0 Å². The quantitative estimate of drug-likeness (QED) is 0.653. The monoisotopic (exact) mass is 362 g/mol. The van der Waals surface area contributed by atoms with E-state index in [1.165, 1.54) is 16.5 Å². The van der Waals surface area contributed by atoms with Crippen LogP contribution in [0.1, 0.15) is 11.3 Å². The summed E-state index contributed by atoms with van der Waals surface area (Å²) in [6.07, 6.45) is 2.97. The third kappa shape index (κ3) is 4.66. The number of nitrogens with zero attached hydrogens (tertiary/aromatic N) is 2. The maximum absolute atomic E-state index is 12.2. The molecule has 7 nitrogen and oxygen atoms in total. The predicted octanol–water partition coefficient (Wildman–Crippen LogP) is 1.68. The summed E-state index contributed by atoms with van der Waals surface area (Å²) in [4.78, 5) is 40.0. The summed E-state index contributed by atoms with van der Waals surface area (Å²) in [5.41, 5.74) is 2.16. The molecule has 0 aliphatic heterocycles. The number of rotatable bonds is 6.